The third-order valence-corrected chi connectivity index (χ3v) is 3.41. The van der Waals surface area contributed by atoms with E-state index in [0.717, 1.165) is 37.9 Å². The molecule has 0 spiro atoms. The molecule has 6 nitrogen and oxygen atoms in total. The Morgan fingerprint density at radius 2 is 2.21 bits per heavy atom. The molecule has 0 atom stereocenters. The van der Waals surface area contributed by atoms with Gasteiger partial charge in [0.2, 0.25) is 0 Å². The van der Waals surface area contributed by atoms with E-state index in [4.69, 9.17) is 10.6 Å². The highest BCUT2D eigenvalue weighted by molar-refractivity contribution is 7.98. The van der Waals surface area contributed by atoms with Crippen molar-refractivity contribution in [3.63, 3.8) is 0 Å². The molecule has 2 rings (SSSR count). The molecule has 1 aliphatic rings. The Kier molecular flexibility index (Phi) is 5.68. The van der Waals surface area contributed by atoms with Gasteiger partial charge in [-0.3, -0.25) is 0 Å². The van der Waals surface area contributed by atoms with Crippen molar-refractivity contribution < 1.29 is 4.74 Å². The molecule has 0 radical (unpaired) electrons. The van der Waals surface area contributed by atoms with Crippen molar-refractivity contribution >= 4 is 23.4 Å². The van der Waals surface area contributed by atoms with Gasteiger partial charge in [-0.25, -0.2) is 15.8 Å². The molecule has 106 valence electrons. The first-order valence-electron chi connectivity index (χ1n) is 6.53. The lowest BCUT2D eigenvalue weighted by molar-refractivity contribution is 0.124. The standard InChI is InChI=1S/C12H21N5OS/c1-19-12-15-10(7-11(16-12)17-13)14-5-2-6-18-8-9-3-4-9/h7,9H,2-6,8,13H2,1H3,(H2,14,15,16,17). The van der Waals surface area contributed by atoms with Crippen LogP contribution in [0, 0.1) is 5.92 Å². The molecule has 0 aromatic carbocycles. The maximum Gasteiger partial charge on any atom is 0.191 e. The minimum absolute atomic E-state index is 0.617. The van der Waals surface area contributed by atoms with Crippen LogP contribution in [0.2, 0.25) is 0 Å². The lowest BCUT2D eigenvalue weighted by Gasteiger charge is -2.09. The number of anilines is 2. The molecule has 1 aromatic rings. The van der Waals surface area contributed by atoms with Gasteiger partial charge in [0.15, 0.2) is 5.16 Å². The van der Waals surface area contributed by atoms with E-state index in [9.17, 15) is 0 Å². The van der Waals surface area contributed by atoms with E-state index in [1.165, 1.54) is 24.6 Å². The van der Waals surface area contributed by atoms with Gasteiger partial charge in [0, 0.05) is 25.8 Å². The van der Waals surface area contributed by atoms with Crippen molar-refractivity contribution in [3.8, 4) is 0 Å². The molecule has 0 saturated heterocycles. The molecular weight excluding hydrogens is 262 g/mol. The molecule has 1 aromatic heterocycles. The van der Waals surface area contributed by atoms with E-state index in [0.29, 0.717) is 11.0 Å². The van der Waals surface area contributed by atoms with Crippen molar-refractivity contribution in [2.45, 2.75) is 24.4 Å². The fourth-order valence-electron chi connectivity index (χ4n) is 1.61. The van der Waals surface area contributed by atoms with Crippen molar-refractivity contribution in [2.24, 2.45) is 11.8 Å². The normalized spacial score (nSPS) is 14.4. The number of ether oxygens (including phenoxy) is 1. The Balaban J connectivity index is 1.68. The fraction of sp³-hybridized carbons (Fsp3) is 0.667. The fourth-order valence-corrected chi connectivity index (χ4v) is 1.99. The van der Waals surface area contributed by atoms with E-state index in [-0.39, 0.29) is 0 Å². The first-order chi connectivity index (χ1) is 9.31. The second-order valence-electron chi connectivity index (χ2n) is 4.57. The number of hydrogen-bond donors (Lipinski definition) is 3. The predicted molar refractivity (Wildman–Crippen MR) is 78.3 cm³/mol. The summed E-state index contributed by atoms with van der Waals surface area (Å²) in [6, 6.07) is 1.80. The van der Waals surface area contributed by atoms with Gasteiger partial charge < -0.3 is 15.5 Å². The Morgan fingerprint density at radius 3 is 2.89 bits per heavy atom. The van der Waals surface area contributed by atoms with Crippen LogP contribution in [0.3, 0.4) is 0 Å². The molecule has 1 aliphatic carbocycles. The van der Waals surface area contributed by atoms with Crippen LogP contribution < -0.4 is 16.6 Å². The highest BCUT2D eigenvalue weighted by atomic mass is 32.2. The molecule has 0 bridgehead atoms. The van der Waals surface area contributed by atoms with Crippen LogP contribution in [0.4, 0.5) is 11.6 Å². The van der Waals surface area contributed by atoms with Gasteiger partial charge in [-0.2, -0.15) is 0 Å². The minimum Gasteiger partial charge on any atom is -0.381 e. The minimum atomic E-state index is 0.617. The summed E-state index contributed by atoms with van der Waals surface area (Å²) >= 11 is 1.49. The number of nitrogens with one attached hydrogen (secondary N) is 2. The summed E-state index contributed by atoms with van der Waals surface area (Å²) < 4.78 is 5.58. The summed E-state index contributed by atoms with van der Waals surface area (Å²) in [5, 5.41) is 3.95. The van der Waals surface area contributed by atoms with Crippen LogP contribution in [0.25, 0.3) is 0 Å². The molecule has 1 saturated carbocycles. The van der Waals surface area contributed by atoms with Gasteiger partial charge in [0.05, 0.1) is 0 Å². The largest absolute Gasteiger partial charge is 0.381 e. The van der Waals surface area contributed by atoms with Crippen molar-refractivity contribution in [1.29, 1.82) is 0 Å². The molecule has 7 heteroatoms. The first-order valence-corrected chi connectivity index (χ1v) is 7.75. The Bertz CT molecular complexity index is 377. The Labute approximate surface area is 117 Å². The van der Waals surface area contributed by atoms with Crippen LogP contribution in [0.1, 0.15) is 19.3 Å². The molecule has 1 fully saturated rings. The summed E-state index contributed by atoms with van der Waals surface area (Å²) in [6.07, 6.45) is 5.58. The maximum absolute atomic E-state index is 5.58. The zero-order chi connectivity index (χ0) is 13.5. The lowest BCUT2D eigenvalue weighted by Crippen LogP contribution is -2.12. The lowest BCUT2D eigenvalue weighted by atomic mass is 10.4. The quantitative estimate of drug-likeness (QED) is 0.209. The zero-order valence-corrected chi connectivity index (χ0v) is 12.0. The average molecular weight is 283 g/mol. The zero-order valence-electron chi connectivity index (χ0n) is 11.2. The average Bonchev–Trinajstić information content (AvgIpc) is 3.26. The van der Waals surface area contributed by atoms with Gasteiger partial charge in [0.25, 0.3) is 0 Å². The number of hydrazine groups is 1. The number of nitrogen functional groups attached to an aromatic ring is 1. The van der Waals surface area contributed by atoms with Gasteiger partial charge in [-0.1, -0.05) is 11.8 Å². The van der Waals surface area contributed by atoms with E-state index in [1.807, 2.05) is 6.26 Å². The number of aromatic nitrogens is 2. The molecule has 0 amide bonds. The smallest absolute Gasteiger partial charge is 0.191 e. The topological polar surface area (TPSA) is 85.1 Å². The third-order valence-electron chi connectivity index (χ3n) is 2.86. The van der Waals surface area contributed by atoms with Gasteiger partial charge in [0.1, 0.15) is 11.6 Å². The number of nitrogens with two attached hydrogens (primary N) is 1. The number of rotatable bonds is 9. The second kappa shape index (κ2) is 7.52. The van der Waals surface area contributed by atoms with Crippen molar-refractivity contribution in [1.82, 2.24) is 9.97 Å². The summed E-state index contributed by atoms with van der Waals surface area (Å²) in [6.45, 7) is 2.55. The van der Waals surface area contributed by atoms with Gasteiger partial charge >= 0.3 is 0 Å². The summed E-state index contributed by atoms with van der Waals surface area (Å²) in [7, 11) is 0. The van der Waals surface area contributed by atoms with E-state index >= 15 is 0 Å². The monoisotopic (exact) mass is 283 g/mol. The van der Waals surface area contributed by atoms with Crippen LogP contribution in [0.15, 0.2) is 11.2 Å². The Hall–Kier alpha value is -1.05. The van der Waals surface area contributed by atoms with Crippen LogP contribution in [-0.2, 0) is 4.74 Å². The Morgan fingerprint density at radius 1 is 1.42 bits per heavy atom. The highest BCUT2D eigenvalue weighted by Gasteiger charge is 2.20. The molecule has 1 heterocycles. The van der Waals surface area contributed by atoms with Gasteiger partial charge in [-0.05, 0) is 31.4 Å². The van der Waals surface area contributed by atoms with Crippen LogP contribution >= 0.6 is 11.8 Å². The van der Waals surface area contributed by atoms with Crippen molar-refractivity contribution in [2.75, 3.05) is 36.8 Å². The highest BCUT2D eigenvalue weighted by Crippen LogP contribution is 2.28. The van der Waals surface area contributed by atoms with E-state index in [2.05, 4.69) is 20.7 Å². The molecular formula is C12H21N5OS. The van der Waals surface area contributed by atoms with E-state index in [1.54, 1.807) is 6.07 Å². The SMILES string of the molecule is CSc1nc(NN)cc(NCCCOCC2CC2)n1. The molecule has 19 heavy (non-hydrogen) atoms. The molecule has 0 unspecified atom stereocenters. The second-order valence-corrected chi connectivity index (χ2v) is 5.34. The first kappa shape index (κ1) is 14.4. The van der Waals surface area contributed by atoms with E-state index < -0.39 is 0 Å². The number of thioether (sulfide) groups is 1. The maximum atomic E-state index is 5.58. The number of hydrogen-bond acceptors (Lipinski definition) is 7. The summed E-state index contributed by atoms with van der Waals surface area (Å²) in [4.78, 5) is 8.57. The molecule has 4 N–H and O–H groups in total. The van der Waals surface area contributed by atoms with Gasteiger partial charge in [-0.15, -0.1) is 0 Å². The van der Waals surface area contributed by atoms with Crippen LogP contribution in [-0.4, -0.2) is 36.0 Å². The predicted octanol–water partition coefficient (Wildman–Crippen LogP) is 1.71. The van der Waals surface area contributed by atoms with Crippen molar-refractivity contribution in [3.05, 3.63) is 6.07 Å². The summed E-state index contributed by atoms with van der Waals surface area (Å²) in [5.74, 6) is 7.61. The third kappa shape index (κ3) is 5.22. The number of nitrogens with zero attached hydrogens (tertiary/aromatic N) is 2. The molecule has 0 aliphatic heterocycles. The van der Waals surface area contributed by atoms with Crippen LogP contribution in [0.5, 0.6) is 0 Å². The summed E-state index contributed by atoms with van der Waals surface area (Å²) in [5.41, 5.74) is 2.54.